The molecule has 0 saturated carbocycles. The van der Waals surface area contributed by atoms with Crippen molar-refractivity contribution in [1.29, 1.82) is 0 Å². The van der Waals surface area contributed by atoms with Crippen molar-refractivity contribution in [2.24, 2.45) is 0 Å². The lowest BCUT2D eigenvalue weighted by Crippen LogP contribution is -2.19. The Labute approximate surface area is 79.8 Å². The fourth-order valence-corrected chi connectivity index (χ4v) is 0.736. The van der Waals surface area contributed by atoms with Crippen LogP contribution in [-0.4, -0.2) is 29.4 Å². The van der Waals surface area contributed by atoms with Gasteiger partial charge < -0.3 is 15.3 Å². The van der Waals surface area contributed by atoms with Gasteiger partial charge in [0.25, 0.3) is 0 Å². The highest BCUT2D eigenvalue weighted by molar-refractivity contribution is 7.93. The van der Waals surface area contributed by atoms with Crippen LogP contribution in [0.3, 0.4) is 0 Å². The van der Waals surface area contributed by atoms with Gasteiger partial charge in [-0.05, 0) is 31.9 Å². The molecular formula is C8H21NO2S. The van der Waals surface area contributed by atoms with E-state index >= 15 is 0 Å². The van der Waals surface area contributed by atoms with Crippen LogP contribution in [0.5, 0.6) is 0 Å². The second-order valence-electron chi connectivity index (χ2n) is 2.19. The van der Waals surface area contributed by atoms with E-state index in [1.807, 2.05) is 0 Å². The van der Waals surface area contributed by atoms with Crippen molar-refractivity contribution in [1.82, 2.24) is 5.32 Å². The van der Waals surface area contributed by atoms with E-state index in [-0.39, 0.29) is 12.9 Å². The second kappa shape index (κ2) is 13.6. The van der Waals surface area contributed by atoms with E-state index in [0.29, 0.717) is 0 Å². The number of hydrogen-bond donors (Lipinski definition) is 2. The van der Waals surface area contributed by atoms with Gasteiger partial charge in [-0.15, -0.1) is 0 Å². The molecule has 0 unspecified atom stereocenters. The lowest BCUT2D eigenvalue weighted by atomic mass is 10.1. The maximum Gasteiger partial charge on any atom is 0.0137 e. The third-order valence-electron chi connectivity index (χ3n) is 1.29. The molecule has 0 atom stereocenters. The fourth-order valence-electron chi connectivity index (χ4n) is 0.736. The molecule has 0 aromatic rings. The van der Waals surface area contributed by atoms with Crippen molar-refractivity contribution in [3.63, 3.8) is 0 Å². The lowest BCUT2D eigenvalue weighted by Gasteiger charge is -2.08. The number of rotatable bonds is 0. The molecule has 1 rings (SSSR count). The molecule has 1 heterocycles. The molecule has 0 spiro atoms. The summed E-state index contributed by atoms with van der Waals surface area (Å²) in [5.74, 6) is 0. The molecule has 12 heavy (non-hydrogen) atoms. The predicted octanol–water partition coefficient (Wildman–Crippen LogP) is 1.56. The Hall–Kier alpha value is -0.0300. The molecular weight excluding hydrogens is 174 g/mol. The fraction of sp³-hybridized carbons (Fsp3) is 0.750. The van der Waals surface area contributed by atoms with Crippen LogP contribution in [0.25, 0.3) is 0 Å². The Balaban J connectivity index is -0.000000146. The smallest absolute Gasteiger partial charge is 0.0137 e. The van der Waals surface area contributed by atoms with E-state index in [1.54, 1.807) is 6.26 Å². The summed E-state index contributed by atoms with van der Waals surface area (Å²) in [7, 11) is 0. The number of hydrogen-bond acceptors (Lipinski definition) is 3. The average Bonchev–Trinajstić information content (AvgIpc) is 1.91. The highest BCUT2D eigenvalue weighted by Crippen LogP contribution is 1.99. The largest absolute Gasteiger partial charge is 0.412 e. The van der Waals surface area contributed by atoms with Gasteiger partial charge in [-0.1, -0.05) is 19.1 Å². The summed E-state index contributed by atoms with van der Waals surface area (Å²) >= 11 is 0.750. The quantitative estimate of drug-likeness (QED) is 0.455. The zero-order chi connectivity index (χ0) is 7.82. The summed E-state index contributed by atoms with van der Waals surface area (Å²) in [6.07, 6.45) is 5.07. The van der Waals surface area contributed by atoms with E-state index in [4.69, 9.17) is 4.55 Å². The standard InChI is InChI=1S/C6H11N.CH4OS.CH4.H2O/c1-6-2-4-7-5-3-6;1-3-2;;/h2,7H,3-5H2,1H3;2H,1H3;1H4;1H2. The van der Waals surface area contributed by atoms with Crippen LogP contribution in [0.15, 0.2) is 11.6 Å². The van der Waals surface area contributed by atoms with E-state index in [0.717, 1.165) is 18.6 Å². The molecule has 4 heteroatoms. The molecule has 0 aromatic carbocycles. The van der Waals surface area contributed by atoms with Gasteiger partial charge in [-0.25, -0.2) is 0 Å². The Bertz CT molecular complexity index is 107. The minimum atomic E-state index is 0. The van der Waals surface area contributed by atoms with E-state index in [2.05, 4.69) is 18.3 Å². The minimum absolute atomic E-state index is 0. The maximum absolute atomic E-state index is 7.49. The molecule has 0 aliphatic carbocycles. The molecule has 1 aliphatic rings. The Morgan fingerprint density at radius 3 is 2.25 bits per heavy atom. The van der Waals surface area contributed by atoms with Crippen molar-refractivity contribution < 1.29 is 10.0 Å². The normalized spacial score (nSPS) is 14.1. The van der Waals surface area contributed by atoms with Crippen LogP contribution < -0.4 is 5.32 Å². The Kier molecular flexibility index (Phi) is 20.2. The van der Waals surface area contributed by atoms with Gasteiger partial charge in [-0.3, -0.25) is 0 Å². The van der Waals surface area contributed by atoms with E-state index < -0.39 is 0 Å². The van der Waals surface area contributed by atoms with Gasteiger partial charge in [-0.2, -0.15) is 0 Å². The van der Waals surface area contributed by atoms with Gasteiger partial charge >= 0.3 is 0 Å². The molecule has 0 saturated heterocycles. The summed E-state index contributed by atoms with van der Waals surface area (Å²) in [5, 5.41) is 3.24. The molecule has 0 radical (unpaired) electrons. The maximum atomic E-state index is 7.49. The topological polar surface area (TPSA) is 63.8 Å². The van der Waals surface area contributed by atoms with Gasteiger partial charge in [0.2, 0.25) is 0 Å². The summed E-state index contributed by atoms with van der Waals surface area (Å²) in [6.45, 7) is 4.43. The number of nitrogens with one attached hydrogen (secondary N) is 1. The molecule has 1 aliphatic heterocycles. The van der Waals surface area contributed by atoms with Crippen LogP contribution in [0, 0.1) is 0 Å². The van der Waals surface area contributed by atoms with Crippen LogP contribution in [0.1, 0.15) is 20.8 Å². The predicted molar refractivity (Wildman–Crippen MR) is 57.7 cm³/mol. The first kappa shape index (κ1) is 17.9. The zero-order valence-corrected chi connectivity index (χ0v) is 7.87. The molecule has 76 valence electrons. The summed E-state index contributed by atoms with van der Waals surface area (Å²) in [4.78, 5) is 0. The molecule has 0 fully saturated rings. The summed E-state index contributed by atoms with van der Waals surface area (Å²) in [6, 6.07) is 0. The molecule has 0 bridgehead atoms. The average molecular weight is 195 g/mol. The van der Waals surface area contributed by atoms with Crippen LogP contribution in [0.4, 0.5) is 0 Å². The second-order valence-corrected chi connectivity index (χ2v) is 2.55. The van der Waals surface area contributed by atoms with Crippen LogP contribution in [-0.2, 0) is 0 Å². The lowest BCUT2D eigenvalue weighted by molar-refractivity contribution is 0.669. The third-order valence-corrected chi connectivity index (χ3v) is 1.29. The van der Waals surface area contributed by atoms with Crippen molar-refractivity contribution in [2.45, 2.75) is 20.8 Å². The first-order valence-electron chi connectivity index (χ1n) is 3.35. The zero-order valence-electron chi connectivity index (χ0n) is 7.05. The van der Waals surface area contributed by atoms with Gasteiger partial charge in [0.1, 0.15) is 0 Å². The molecule has 3 nitrogen and oxygen atoms in total. The monoisotopic (exact) mass is 195 g/mol. The highest BCUT2D eigenvalue weighted by atomic mass is 32.2. The van der Waals surface area contributed by atoms with Gasteiger partial charge in [0, 0.05) is 12.8 Å². The third kappa shape index (κ3) is 12.6. The minimum Gasteiger partial charge on any atom is -0.412 e. The van der Waals surface area contributed by atoms with Crippen LogP contribution >= 0.6 is 12.0 Å². The Morgan fingerprint density at radius 2 is 2.08 bits per heavy atom. The summed E-state index contributed by atoms with van der Waals surface area (Å²) in [5.41, 5.74) is 1.53. The van der Waals surface area contributed by atoms with Gasteiger partial charge in [0.15, 0.2) is 0 Å². The SMILES string of the molecule is C.CC1=CCNCC1.CSO.O. The van der Waals surface area contributed by atoms with Crippen molar-refractivity contribution in [3.8, 4) is 0 Å². The van der Waals surface area contributed by atoms with Crippen molar-refractivity contribution in [3.05, 3.63) is 11.6 Å². The highest BCUT2D eigenvalue weighted by Gasteiger charge is 1.93. The summed E-state index contributed by atoms with van der Waals surface area (Å²) < 4.78 is 7.49. The van der Waals surface area contributed by atoms with E-state index in [9.17, 15) is 0 Å². The van der Waals surface area contributed by atoms with E-state index in [1.165, 1.54) is 18.5 Å². The van der Waals surface area contributed by atoms with Gasteiger partial charge in [0.05, 0.1) is 0 Å². The van der Waals surface area contributed by atoms with Crippen molar-refractivity contribution >= 4 is 12.0 Å². The first-order valence-corrected chi connectivity index (χ1v) is 4.53. The molecule has 0 amide bonds. The Morgan fingerprint density at radius 1 is 1.58 bits per heavy atom. The molecule has 4 N–H and O–H groups in total. The molecule has 0 aromatic heterocycles. The van der Waals surface area contributed by atoms with Crippen LogP contribution in [0.2, 0.25) is 0 Å². The first-order chi connectivity index (χ1) is 4.81. The van der Waals surface area contributed by atoms with Crippen molar-refractivity contribution in [2.75, 3.05) is 19.3 Å².